The number of aromatic nitrogens is 2. The molecule has 0 amide bonds. The highest BCUT2D eigenvalue weighted by atomic mass is 32.1. The monoisotopic (exact) mass is 243 g/mol. The Morgan fingerprint density at radius 3 is 2.88 bits per heavy atom. The van der Waals surface area contributed by atoms with Gasteiger partial charge in [0.05, 0.1) is 10.2 Å². The molecule has 0 aliphatic heterocycles. The van der Waals surface area contributed by atoms with E-state index in [-0.39, 0.29) is 5.56 Å². The number of pyridine rings is 1. The van der Waals surface area contributed by atoms with Gasteiger partial charge in [-0.15, -0.1) is 11.3 Å². The van der Waals surface area contributed by atoms with Crippen molar-refractivity contribution in [2.45, 2.75) is 0 Å². The predicted molar refractivity (Wildman–Crippen MR) is 70.1 cm³/mol. The molecule has 17 heavy (non-hydrogen) atoms. The van der Waals surface area contributed by atoms with Crippen molar-refractivity contribution < 1.29 is 0 Å². The Kier molecular flexibility index (Phi) is 2.19. The van der Waals surface area contributed by atoms with Crippen LogP contribution < -0.4 is 11.3 Å². The number of fused-ring (bicyclic) bond motifs is 1. The molecule has 3 aromatic rings. The molecule has 4 nitrogen and oxygen atoms in total. The van der Waals surface area contributed by atoms with E-state index < -0.39 is 0 Å². The number of H-pyrrole nitrogens is 1. The first-order chi connectivity index (χ1) is 8.22. The molecule has 0 radical (unpaired) electrons. The molecule has 2 heterocycles. The number of rotatable bonds is 1. The molecule has 0 fully saturated rings. The normalized spacial score (nSPS) is 10.8. The Morgan fingerprint density at radius 1 is 1.24 bits per heavy atom. The highest BCUT2D eigenvalue weighted by Crippen LogP contribution is 2.30. The average molecular weight is 243 g/mol. The maximum absolute atomic E-state index is 11.0. The van der Waals surface area contributed by atoms with Gasteiger partial charge in [-0.25, -0.2) is 4.98 Å². The Labute approximate surface area is 101 Å². The van der Waals surface area contributed by atoms with E-state index in [2.05, 4.69) is 9.97 Å². The number of hydrogen-bond donors (Lipinski definition) is 2. The van der Waals surface area contributed by atoms with Gasteiger partial charge in [-0.3, -0.25) is 4.79 Å². The Morgan fingerprint density at radius 2 is 2.12 bits per heavy atom. The van der Waals surface area contributed by atoms with Crippen molar-refractivity contribution in [2.75, 3.05) is 5.73 Å². The zero-order chi connectivity index (χ0) is 11.8. The van der Waals surface area contributed by atoms with Crippen LogP contribution in [-0.4, -0.2) is 9.97 Å². The van der Waals surface area contributed by atoms with Gasteiger partial charge in [-0.1, -0.05) is 0 Å². The second kappa shape index (κ2) is 3.71. The largest absolute Gasteiger partial charge is 0.399 e. The van der Waals surface area contributed by atoms with Crippen LogP contribution in [0.5, 0.6) is 0 Å². The van der Waals surface area contributed by atoms with Crippen molar-refractivity contribution in [1.29, 1.82) is 0 Å². The SMILES string of the molecule is Nc1ccc2nc(-c3ccc(=O)[nH]c3)sc2c1. The molecule has 3 rings (SSSR count). The molecule has 3 N–H and O–H groups in total. The summed E-state index contributed by atoms with van der Waals surface area (Å²) >= 11 is 1.56. The lowest BCUT2D eigenvalue weighted by Crippen LogP contribution is -2.01. The average Bonchev–Trinajstić information content (AvgIpc) is 2.72. The summed E-state index contributed by atoms with van der Waals surface area (Å²) in [7, 11) is 0. The Hall–Kier alpha value is -2.14. The summed E-state index contributed by atoms with van der Waals surface area (Å²) in [6, 6.07) is 8.90. The minimum atomic E-state index is -0.112. The van der Waals surface area contributed by atoms with E-state index in [1.807, 2.05) is 18.2 Å². The standard InChI is InChI=1S/C12H9N3OS/c13-8-2-3-9-10(5-8)17-12(15-9)7-1-4-11(16)14-6-7/h1-6H,13H2,(H,14,16). The van der Waals surface area contributed by atoms with Crippen molar-refractivity contribution in [3.63, 3.8) is 0 Å². The van der Waals surface area contributed by atoms with E-state index in [1.165, 1.54) is 6.07 Å². The number of benzene rings is 1. The summed E-state index contributed by atoms with van der Waals surface area (Å²) in [5.74, 6) is 0. The molecule has 0 aliphatic rings. The molecular formula is C12H9N3OS. The summed E-state index contributed by atoms with van der Waals surface area (Å²) < 4.78 is 1.05. The molecule has 0 unspecified atom stereocenters. The second-order valence-corrected chi connectivity index (χ2v) is 4.72. The van der Waals surface area contributed by atoms with Gasteiger partial charge in [-0.05, 0) is 24.3 Å². The number of nitrogens with one attached hydrogen (secondary N) is 1. The summed E-state index contributed by atoms with van der Waals surface area (Å²) in [6.45, 7) is 0. The third kappa shape index (κ3) is 1.81. The molecular weight excluding hydrogens is 234 g/mol. The minimum Gasteiger partial charge on any atom is -0.399 e. The first kappa shape index (κ1) is 10.0. The minimum absolute atomic E-state index is 0.112. The van der Waals surface area contributed by atoms with Crippen molar-refractivity contribution >= 4 is 27.2 Å². The van der Waals surface area contributed by atoms with Crippen molar-refractivity contribution in [3.8, 4) is 10.6 Å². The number of nitrogen functional groups attached to an aromatic ring is 1. The van der Waals surface area contributed by atoms with Gasteiger partial charge >= 0.3 is 0 Å². The zero-order valence-corrected chi connectivity index (χ0v) is 9.62. The van der Waals surface area contributed by atoms with Crippen LogP contribution in [0.2, 0.25) is 0 Å². The highest BCUT2D eigenvalue weighted by Gasteiger charge is 2.06. The maximum atomic E-state index is 11.0. The van der Waals surface area contributed by atoms with E-state index in [0.717, 1.165) is 26.5 Å². The summed E-state index contributed by atoms with van der Waals surface area (Å²) in [5, 5.41) is 0.877. The Balaban J connectivity index is 2.17. The van der Waals surface area contributed by atoms with Crippen molar-refractivity contribution in [3.05, 3.63) is 46.9 Å². The lowest BCUT2D eigenvalue weighted by atomic mass is 10.3. The summed E-state index contributed by atoms with van der Waals surface area (Å²) in [4.78, 5) is 18.1. The number of aromatic amines is 1. The van der Waals surface area contributed by atoms with Gasteiger partial charge in [0.2, 0.25) is 5.56 Å². The smallest absolute Gasteiger partial charge is 0.247 e. The number of nitrogens with two attached hydrogens (primary N) is 1. The third-order valence-corrected chi connectivity index (χ3v) is 3.51. The highest BCUT2D eigenvalue weighted by molar-refractivity contribution is 7.21. The number of anilines is 1. The first-order valence-electron chi connectivity index (χ1n) is 5.07. The molecule has 0 saturated heterocycles. The fraction of sp³-hybridized carbons (Fsp3) is 0. The molecule has 84 valence electrons. The van der Waals surface area contributed by atoms with Crippen molar-refractivity contribution in [1.82, 2.24) is 9.97 Å². The summed E-state index contributed by atoms with van der Waals surface area (Å²) in [5.41, 5.74) is 8.17. The van der Waals surface area contributed by atoms with E-state index in [1.54, 1.807) is 23.6 Å². The fourth-order valence-corrected chi connectivity index (χ4v) is 2.62. The van der Waals surface area contributed by atoms with Gasteiger partial charge in [-0.2, -0.15) is 0 Å². The summed E-state index contributed by atoms with van der Waals surface area (Å²) in [6.07, 6.45) is 1.67. The van der Waals surface area contributed by atoms with E-state index in [4.69, 9.17) is 5.73 Å². The Bertz CT molecular complexity index is 724. The molecule has 5 heteroatoms. The topological polar surface area (TPSA) is 71.8 Å². The first-order valence-corrected chi connectivity index (χ1v) is 5.89. The molecule has 0 aliphatic carbocycles. The van der Waals surface area contributed by atoms with Crippen LogP contribution >= 0.6 is 11.3 Å². The molecule has 1 aromatic carbocycles. The van der Waals surface area contributed by atoms with Crippen LogP contribution in [0.4, 0.5) is 5.69 Å². The number of hydrogen-bond acceptors (Lipinski definition) is 4. The van der Waals surface area contributed by atoms with E-state index >= 15 is 0 Å². The zero-order valence-electron chi connectivity index (χ0n) is 8.81. The van der Waals surface area contributed by atoms with Crippen LogP contribution in [0.25, 0.3) is 20.8 Å². The maximum Gasteiger partial charge on any atom is 0.247 e. The molecule has 0 atom stereocenters. The van der Waals surface area contributed by atoms with Crippen LogP contribution in [-0.2, 0) is 0 Å². The van der Waals surface area contributed by atoms with Gasteiger partial charge in [0.15, 0.2) is 0 Å². The number of nitrogens with zero attached hydrogens (tertiary/aromatic N) is 1. The molecule has 2 aromatic heterocycles. The molecule has 0 bridgehead atoms. The lowest BCUT2D eigenvalue weighted by Gasteiger charge is -1.92. The van der Waals surface area contributed by atoms with Gasteiger partial charge in [0.25, 0.3) is 0 Å². The van der Waals surface area contributed by atoms with E-state index in [9.17, 15) is 4.79 Å². The van der Waals surface area contributed by atoms with Gasteiger partial charge < -0.3 is 10.7 Å². The van der Waals surface area contributed by atoms with Crippen LogP contribution in [0.1, 0.15) is 0 Å². The third-order valence-electron chi connectivity index (χ3n) is 2.44. The van der Waals surface area contributed by atoms with Crippen LogP contribution in [0.15, 0.2) is 41.3 Å². The van der Waals surface area contributed by atoms with Gasteiger partial charge in [0, 0.05) is 23.5 Å². The van der Waals surface area contributed by atoms with Gasteiger partial charge in [0.1, 0.15) is 5.01 Å². The van der Waals surface area contributed by atoms with Crippen LogP contribution in [0, 0.1) is 0 Å². The number of thiazole rings is 1. The second-order valence-electron chi connectivity index (χ2n) is 3.69. The molecule has 0 saturated carbocycles. The quantitative estimate of drug-likeness (QED) is 0.644. The van der Waals surface area contributed by atoms with E-state index in [0.29, 0.717) is 0 Å². The lowest BCUT2D eigenvalue weighted by molar-refractivity contribution is 1.24. The van der Waals surface area contributed by atoms with Crippen LogP contribution in [0.3, 0.4) is 0 Å². The molecule has 0 spiro atoms. The predicted octanol–water partition coefficient (Wildman–Crippen LogP) is 2.23. The fourth-order valence-electron chi connectivity index (χ4n) is 1.61. The van der Waals surface area contributed by atoms with Crippen molar-refractivity contribution in [2.24, 2.45) is 0 Å².